The van der Waals surface area contributed by atoms with Gasteiger partial charge in [0.25, 0.3) is 5.91 Å². The van der Waals surface area contributed by atoms with Crippen LogP contribution in [0.1, 0.15) is 25.8 Å². The van der Waals surface area contributed by atoms with Gasteiger partial charge in [0.1, 0.15) is 6.54 Å². The van der Waals surface area contributed by atoms with E-state index in [0.717, 1.165) is 40.1 Å². The Morgan fingerprint density at radius 2 is 1.87 bits per heavy atom. The summed E-state index contributed by atoms with van der Waals surface area (Å²) in [5.74, 6) is 0.879. The van der Waals surface area contributed by atoms with Crippen LogP contribution in [0.4, 0.5) is 5.69 Å². The molecular weight excluding hydrogens is 460 g/mol. The second-order valence-electron chi connectivity index (χ2n) is 8.27. The number of rotatable bonds is 3. The number of amides is 2. The van der Waals surface area contributed by atoms with Crippen molar-refractivity contribution in [2.45, 2.75) is 25.2 Å². The molecule has 2 aliphatic heterocycles. The summed E-state index contributed by atoms with van der Waals surface area (Å²) in [6.45, 7) is 5.98. The molecule has 2 aliphatic rings. The lowest BCUT2D eigenvalue weighted by Gasteiger charge is -2.37. The summed E-state index contributed by atoms with van der Waals surface area (Å²) >= 11 is 4.95. The van der Waals surface area contributed by atoms with Gasteiger partial charge in [-0.2, -0.15) is 0 Å². The van der Waals surface area contributed by atoms with Crippen LogP contribution >= 0.6 is 27.7 Å². The largest absolute Gasteiger partial charge is 0.341 e. The third-order valence-corrected chi connectivity index (χ3v) is 7.06. The molecule has 0 N–H and O–H groups in total. The smallest absolute Gasteiger partial charge is 0.265 e. The zero-order chi connectivity index (χ0) is 21.3. The van der Waals surface area contributed by atoms with Crippen molar-refractivity contribution in [3.63, 3.8) is 0 Å². The van der Waals surface area contributed by atoms with Gasteiger partial charge in [-0.1, -0.05) is 65.8 Å². The van der Waals surface area contributed by atoms with Crippen LogP contribution in [0.25, 0.3) is 6.08 Å². The highest BCUT2D eigenvalue weighted by molar-refractivity contribution is 9.10. The molecule has 30 heavy (non-hydrogen) atoms. The maximum Gasteiger partial charge on any atom is 0.265 e. The Morgan fingerprint density at radius 1 is 1.13 bits per heavy atom. The monoisotopic (exact) mass is 484 g/mol. The van der Waals surface area contributed by atoms with Crippen LogP contribution in [0.3, 0.4) is 0 Å². The van der Waals surface area contributed by atoms with Gasteiger partial charge in [-0.3, -0.25) is 14.5 Å². The molecule has 4 nitrogen and oxygen atoms in total. The van der Waals surface area contributed by atoms with Crippen molar-refractivity contribution in [2.24, 2.45) is 11.8 Å². The summed E-state index contributed by atoms with van der Waals surface area (Å²) in [5, 5.41) is 0. The van der Waals surface area contributed by atoms with E-state index in [1.54, 1.807) is 4.90 Å². The number of benzene rings is 2. The van der Waals surface area contributed by atoms with Crippen molar-refractivity contribution in [3.05, 3.63) is 63.5 Å². The molecule has 2 amide bonds. The Morgan fingerprint density at radius 3 is 2.60 bits per heavy atom. The number of thioether (sulfide) groups is 1. The number of likely N-dealkylation sites (tertiary alicyclic amines) is 1. The van der Waals surface area contributed by atoms with Gasteiger partial charge in [-0.15, -0.1) is 0 Å². The number of anilines is 1. The molecule has 0 spiro atoms. The minimum Gasteiger partial charge on any atom is -0.341 e. The Hall–Kier alpha value is -2.05. The summed E-state index contributed by atoms with van der Waals surface area (Å²) in [7, 11) is 0. The average Bonchev–Trinajstić information content (AvgIpc) is 2.70. The molecule has 0 saturated carbocycles. The fourth-order valence-corrected chi connectivity index (χ4v) is 5.74. The van der Waals surface area contributed by atoms with Crippen molar-refractivity contribution < 1.29 is 9.59 Å². The van der Waals surface area contributed by atoms with Gasteiger partial charge in [-0.05, 0) is 54.2 Å². The molecule has 1 fully saturated rings. The lowest BCUT2D eigenvalue weighted by atomic mass is 9.92. The van der Waals surface area contributed by atoms with E-state index in [1.165, 1.54) is 11.8 Å². The normalized spacial score (nSPS) is 22.9. The van der Waals surface area contributed by atoms with Gasteiger partial charge in [-0.25, -0.2) is 0 Å². The van der Waals surface area contributed by atoms with Crippen molar-refractivity contribution >= 4 is 51.3 Å². The average molecular weight is 485 g/mol. The zero-order valence-corrected chi connectivity index (χ0v) is 19.6. The predicted molar refractivity (Wildman–Crippen MR) is 126 cm³/mol. The number of para-hydroxylation sites is 1. The van der Waals surface area contributed by atoms with Crippen LogP contribution in [0.15, 0.2) is 62.8 Å². The summed E-state index contributed by atoms with van der Waals surface area (Å²) in [6, 6.07) is 15.7. The standard InChI is InChI=1S/C24H25BrN2O2S/c1-16-10-17(2)14-26(13-16)23(28)15-27-20-8-3-4-9-21(20)30-22(24(27)29)12-18-6-5-7-19(25)11-18/h3-9,11-12,16-17H,10,13-15H2,1-2H3/b22-12+/t16-,17+. The molecule has 1 saturated heterocycles. The van der Waals surface area contributed by atoms with E-state index < -0.39 is 0 Å². The van der Waals surface area contributed by atoms with Crippen LogP contribution in [-0.2, 0) is 9.59 Å². The molecular formula is C24H25BrN2O2S. The van der Waals surface area contributed by atoms with E-state index >= 15 is 0 Å². The summed E-state index contributed by atoms with van der Waals surface area (Å²) in [4.78, 5) is 31.7. The summed E-state index contributed by atoms with van der Waals surface area (Å²) < 4.78 is 0.964. The van der Waals surface area contributed by atoms with E-state index in [0.29, 0.717) is 16.7 Å². The Labute approximate surface area is 190 Å². The van der Waals surface area contributed by atoms with Crippen molar-refractivity contribution in [2.75, 3.05) is 24.5 Å². The predicted octanol–water partition coefficient (Wildman–Crippen LogP) is 5.43. The highest BCUT2D eigenvalue weighted by Crippen LogP contribution is 2.42. The molecule has 0 unspecified atom stereocenters. The van der Waals surface area contributed by atoms with E-state index in [2.05, 4.69) is 29.8 Å². The molecule has 2 heterocycles. The van der Waals surface area contributed by atoms with E-state index in [9.17, 15) is 9.59 Å². The number of hydrogen-bond acceptors (Lipinski definition) is 3. The molecule has 2 aromatic carbocycles. The number of nitrogens with zero attached hydrogens (tertiary/aromatic N) is 2. The lowest BCUT2D eigenvalue weighted by molar-refractivity contribution is -0.133. The van der Waals surface area contributed by atoms with E-state index in [4.69, 9.17) is 0 Å². The van der Waals surface area contributed by atoms with Crippen LogP contribution in [0.2, 0.25) is 0 Å². The molecule has 2 atom stereocenters. The third-order valence-electron chi connectivity index (χ3n) is 5.49. The van der Waals surface area contributed by atoms with Gasteiger partial charge < -0.3 is 4.90 Å². The van der Waals surface area contributed by atoms with Crippen molar-refractivity contribution in [3.8, 4) is 0 Å². The fourth-order valence-electron chi connectivity index (χ4n) is 4.27. The van der Waals surface area contributed by atoms with Gasteiger partial charge >= 0.3 is 0 Å². The second kappa shape index (κ2) is 8.98. The number of halogens is 1. The van der Waals surface area contributed by atoms with Gasteiger partial charge in [0.05, 0.1) is 10.6 Å². The van der Waals surface area contributed by atoms with Crippen LogP contribution in [-0.4, -0.2) is 36.3 Å². The van der Waals surface area contributed by atoms with E-state index in [-0.39, 0.29) is 18.4 Å². The fraction of sp³-hybridized carbons (Fsp3) is 0.333. The van der Waals surface area contributed by atoms with Crippen LogP contribution in [0.5, 0.6) is 0 Å². The number of fused-ring (bicyclic) bond motifs is 1. The highest BCUT2D eigenvalue weighted by Gasteiger charge is 2.33. The SMILES string of the molecule is C[C@@H]1C[C@H](C)CN(C(=O)CN2C(=O)/C(=C\c3cccc(Br)c3)Sc3ccccc32)C1. The molecule has 156 valence electrons. The number of carbonyl (C=O) groups is 2. The quantitative estimate of drug-likeness (QED) is 0.545. The maximum atomic E-state index is 13.4. The summed E-state index contributed by atoms with van der Waals surface area (Å²) in [5.41, 5.74) is 1.76. The molecule has 0 aliphatic carbocycles. The van der Waals surface area contributed by atoms with Crippen LogP contribution < -0.4 is 4.90 Å². The molecule has 6 heteroatoms. The number of hydrogen-bond donors (Lipinski definition) is 0. The number of carbonyl (C=O) groups excluding carboxylic acids is 2. The summed E-state index contributed by atoms with van der Waals surface area (Å²) in [6.07, 6.45) is 3.04. The Kier molecular flexibility index (Phi) is 6.34. The molecule has 0 radical (unpaired) electrons. The van der Waals surface area contributed by atoms with E-state index in [1.807, 2.05) is 59.5 Å². The van der Waals surface area contributed by atoms with Gasteiger partial charge in [0.2, 0.25) is 5.91 Å². The lowest BCUT2D eigenvalue weighted by Crippen LogP contribution is -2.49. The minimum atomic E-state index is -0.120. The molecule has 0 aromatic heterocycles. The maximum absolute atomic E-state index is 13.4. The van der Waals surface area contributed by atoms with Crippen LogP contribution in [0, 0.1) is 11.8 Å². The molecule has 2 aromatic rings. The first kappa shape index (κ1) is 21.2. The first-order valence-electron chi connectivity index (χ1n) is 10.2. The van der Waals surface area contributed by atoms with Gasteiger partial charge in [0, 0.05) is 22.5 Å². The first-order chi connectivity index (χ1) is 14.4. The Balaban J connectivity index is 1.62. The topological polar surface area (TPSA) is 40.6 Å². The Bertz CT molecular complexity index is 996. The van der Waals surface area contributed by atoms with Crippen molar-refractivity contribution in [1.29, 1.82) is 0 Å². The molecule has 0 bridgehead atoms. The highest BCUT2D eigenvalue weighted by atomic mass is 79.9. The van der Waals surface area contributed by atoms with Crippen molar-refractivity contribution in [1.82, 2.24) is 4.90 Å². The number of piperidine rings is 1. The minimum absolute atomic E-state index is 0.0188. The second-order valence-corrected chi connectivity index (χ2v) is 10.3. The third kappa shape index (κ3) is 4.65. The first-order valence-corrected chi connectivity index (χ1v) is 11.9. The molecule has 4 rings (SSSR count). The van der Waals surface area contributed by atoms with Gasteiger partial charge in [0.15, 0.2) is 0 Å². The zero-order valence-electron chi connectivity index (χ0n) is 17.2.